The number of unbranched alkanes of at least 4 members (excludes halogenated alkanes) is 3. The van der Waals surface area contributed by atoms with E-state index in [-0.39, 0.29) is 12.4 Å². The van der Waals surface area contributed by atoms with Crippen LogP contribution < -0.4 is 25.8 Å². The van der Waals surface area contributed by atoms with E-state index in [0.29, 0.717) is 76.7 Å². The Hall–Kier alpha value is -4.36. The minimum absolute atomic E-state index is 0.178. The standard InChI is InChI=1S/C35H36ClFN4O5S.CH5N/c1-47(43)16-13-38-21-27-10-12-32(46-27)29-19-28-31(20-34(29)44-15-5-3-2-4-14-42)39-23-40-35(28)41-26-9-11-33(30(36)18-26)45-22-24-7-6-8-25(37)17-24;1-2/h6-12,14,17-20,23,38H,2-5,13,15-16,21-22H2,1H3,(H,39,40,41);2H2,1H3. The number of furan rings is 1. The third-order valence-electron chi connectivity index (χ3n) is 7.23. The molecule has 10 nitrogen and oxygen atoms in total. The molecule has 0 saturated carbocycles. The molecule has 0 aliphatic rings. The molecule has 49 heavy (non-hydrogen) atoms. The van der Waals surface area contributed by atoms with Crippen LogP contribution >= 0.6 is 11.6 Å². The Morgan fingerprint density at radius 3 is 2.63 bits per heavy atom. The van der Waals surface area contributed by atoms with Crippen molar-refractivity contribution < 1.29 is 27.3 Å². The lowest BCUT2D eigenvalue weighted by Crippen LogP contribution is -2.19. The number of hydrogen-bond donors (Lipinski definition) is 3. The summed E-state index contributed by atoms with van der Waals surface area (Å²) >= 11 is 6.55. The number of nitrogens with two attached hydrogens (primary N) is 1. The number of fused-ring (bicyclic) bond motifs is 1. The van der Waals surface area contributed by atoms with Crippen LogP contribution in [0.4, 0.5) is 15.9 Å². The molecular weight excluding hydrogens is 669 g/mol. The first-order valence-corrected chi connectivity index (χ1v) is 18.0. The van der Waals surface area contributed by atoms with Crippen LogP contribution in [0.3, 0.4) is 0 Å². The highest BCUT2D eigenvalue weighted by molar-refractivity contribution is 7.84. The number of rotatable bonds is 18. The normalized spacial score (nSPS) is 11.4. The van der Waals surface area contributed by atoms with E-state index in [1.807, 2.05) is 30.3 Å². The predicted molar refractivity (Wildman–Crippen MR) is 193 cm³/mol. The summed E-state index contributed by atoms with van der Waals surface area (Å²) in [5.74, 6) is 3.24. The van der Waals surface area contributed by atoms with Crippen LogP contribution in [0.5, 0.6) is 11.5 Å². The number of aldehydes is 1. The van der Waals surface area contributed by atoms with Crippen molar-refractivity contribution in [3.63, 3.8) is 0 Å². The number of carbonyl (C=O) groups is 1. The van der Waals surface area contributed by atoms with Crippen LogP contribution in [0, 0.1) is 5.82 Å². The number of halogens is 2. The molecule has 260 valence electrons. The minimum Gasteiger partial charge on any atom is -0.493 e. The van der Waals surface area contributed by atoms with Gasteiger partial charge in [-0.15, -0.1) is 0 Å². The van der Waals surface area contributed by atoms with Gasteiger partial charge in [-0.05, 0) is 80.4 Å². The Balaban J connectivity index is 0.00000265. The molecule has 0 bridgehead atoms. The van der Waals surface area contributed by atoms with E-state index in [1.165, 1.54) is 25.5 Å². The van der Waals surface area contributed by atoms with Crippen LogP contribution in [0.25, 0.3) is 22.2 Å². The maximum Gasteiger partial charge on any atom is 0.141 e. The van der Waals surface area contributed by atoms with E-state index < -0.39 is 10.8 Å². The van der Waals surface area contributed by atoms with Crippen molar-refractivity contribution in [2.24, 2.45) is 5.73 Å². The first-order valence-electron chi connectivity index (χ1n) is 15.9. The minimum atomic E-state index is -0.870. The molecule has 4 N–H and O–H groups in total. The number of anilines is 2. The number of ether oxygens (including phenoxy) is 2. The Kier molecular flexibility index (Phi) is 15.0. The molecule has 0 saturated heterocycles. The Morgan fingerprint density at radius 2 is 1.86 bits per heavy atom. The summed E-state index contributed by atoms with van der Waals surface area (Å²) in [6.07, 6.45) is 7.14. The van der Waals surface area contributed by atoms with Gasteiger partial charge >= 0.3 is 0 Å². The molecule has 5 rings (SSSR count). The summed E-state index contributed by atoms with van der Waals surface area (Å²) in [5.41, 5.74) is 7.29. The first-order chi connectivity index (χ1) is 23.9. The van der Waals surface area contributed by atoms with Crippen molar-refractivity contribution in [2.75, 3.05) is 37.5 Å². The van der Waals surface area contributed by atoms with Gasteiger partial charge in [0.25, 0.3) is 0 Å². The largest absolute Gasteiger partial charge is 0.493 e. The third kappa shape index (κ3) is 11.4. The number of nitrogens with one attached hydrogen (secondary N) is 2. The molecule has 0 aliphatic heterocycles. The molecule has 1 atom stereocenters. The quantitative estimate of drug-likeness (QED) is 0.0632. The molecule has 13 heteroatoms. The van der Waals surface area contributed by atoms with Crippen LogP contribution in [-0.4, -0.2) is 52.7 Å². The average molecular weight is 710 g/mol. The maximum absolute atomic E-state index is 13.5. The van der Waals surface area contributed by atoms with Gasteiger partial charge in [-0.2, -0.15) is 0 Å². The number of hydrogen-bond acceptors (Lipinski definition) is 10. The van der Waals surface area contributed by atoms with Gasteiger partial charge in [0.2, 0.25) is 0 Å². The third-order valence-corrected chi connectivity index (χ3v) is 8.31. The fourth-order valence-electron chi connectivity index (χ4n) is 4.85. The lowest BCUT2D eigenvalue weighted by molar-refractivity contribution is -0.107. The number of aromatic nitrogens is 2. The van der Waals surface area contributed by atoms with Crippen molar-refractivity contribution in [1.29, 1.82) is 0 Å². The van der Waals surface area contributed by atoms with E-state index in [2.05, 4.69) is 26.3 Å². The van der Waals surface area contributed by atoms with Crippen LogP contribution in [-0.2, 0) is 28.7 Å². The zero-order chi connectivity index (χ0) is 35.0. The van der Waals surface area contributed by atoms with Crippen molar-refractivity contribution >= 4 is 51.1 Å². The molecule has 2 heterocycles. The van der Waals surface area contributed by atoms with Crippen molar-refractivity contribution in [2.45, 2.75) is 38.8 Å². The fraction of sp³-hybridized carbons (Fsp3) is 0.306. The molecular formula is C36H41ClFN5O5S. The van der Waals surface area contributed by atoms with Gasteiger partial charge in [0.15, 0.2) is 0 Å². The number of nitrogens with zero attached hydrogens (tertiary/aromatic N) is 2. The SMILES string of the molecule is CN.CS(=O)CCNCc1ccc(-c2cc3c(Nc4ccc(OCc5cccc(F)c5)c(Cl)c4)ncnc3cc2OCCCCCC=O)o1. The molecule has 5 aromatic rings. The summed E-state index contributed by atoms with van der Waals surface area (Å²) < 4.78 is 43.2. The predicted octanol–water partition coefficient (Wildman–Crippen LogP) is 7.19. The smallest absolute Gasteiger partial charge is 0.141 e. The van der Waals surface area contributed by atoms with Gasteiger partial charge in [0.1, 0.15) is 53.9 Å². The van der Waals surface area contributed by atoms with E-state index >= 15 is 0 Å². The molecule has 0 aliphatic carbocycles. The second kappa shape index (κ2) is 19.6. The molecule has 0 spiro atoms. The lowest BCUT2D eigenvalue weighted by Gasteiger charge is -2.15. The first kappa shape index (κ1) is 37.5. The molecule has 2 aromatic heterocycles. The topological polar surface area (TPSA) is 142 Å². The monoisotopic (exact) mass is 709 g/mol. The van der Waals surface area contributed by atoms with E-state index in [4.69, 9.17) is 25.5 Å². The van der Waals surface area contributed by atoms with E-state index in [0.717, 1.165) is 42.3 Å². The molecule has 0 amide bonds. The van der Waals surface area contributed by atoms with Crippen molar-refractivity contribution in [1.82, 2.24) is 15.3 Å². The summed E-state index contributed by atoms with van der Waals surface area (Å²) in [7, 11) is 0.630. The van der Waals surface area contributed by atoms with Crippen LogP contribution in [0.2, 0.25) is 5.02 Å². The zero-order valence-electron chi connectivity index (χ0n) is 27.5. The molecule has 3 aromatic carbocycles. The Bertz CT molecular complexity index is 1840. The lowest BCUT2D eigenvalue weighted by atomic mass is 10.1. The molecule has 0 radical (unpaired) electrons. The van der Waals surface area contributed by atoms with Gasteiger partial charge in [-0.3, -0.25) is 4.21 Å². The number of benzene rings is 3. The van der Waals surface area contributed by atoms with Crippen molar-refractivity contribution in [3.05, 3.63) is 95.2 Å². The second-order valence-corrected chi connectivity index (χ2v) is 12.8. The summed E-state index contributed by atoms with van der Waals surface area (Å²) in [5, 5.41) is 7.72. The Morgan fingerprint density at radius 1 is 1.00 bits per heavy atom. The molecule has 1 unspecified atom stereocenters. The van der Waals surface area contributed by atoms with Crippen molar-refractivity contribution in [3.8, 4) is 22.8 Å². The van der Waals surface area contributed by atoms with Gasteiger partial charge in [-0.1, -0.05) is 23.7 Å². The fourth-order valence-corrected chi connectivity index (χ4v) is 5.52. The van der Waals surface area contributed by atoms with E-state index in [9.17, 15) is 13.4 Å². The van der Waals surface area contributed by atoms with Crippen LogP contribution in [0.15, 0.2) is 77.5 Å². The molecule has 0 fully saturated rings. The van der Waals surface area contributed by atoms with Gasteiger partial charge in [0, 0.05) is 52.9 Å². The highest BCUT2D eigenvalue weighted by Crippen LogP contribution is 2.38. The summed E-state index contributed by atoms with van der Waals surface area (Å²) in [4.78, 5) is 19.7. The highest BCUT2D eigenvalue weighted by Gasteiger charge is 2.17. The van der Waals surface area contributed by atoms with Crippen LogP contribution in [0.1, 0.15) is 37.0 Å². The van der Waals surface area contributed by atoms with E-state index in [1.54, 1.807) is 30.5 Å². The maximum atomic E-state index is 13.5. The number of carbonyl (C=O) groups excluding carboxylic acids is 1. The Labute approximate surface area is 293 Å². The highest BCUT2D eigenvalue weighted by atomic mass is 35.5. The van der Waals surface area contributed by atoms with Gasteiger partial charge < -0.3 is 35.1 Å². The zero-order valence-corrected chi connectivity index (χ0v) is 29.1. The van der Waals surface area contributed by atoms with Gasteiger partial charge in [-0.25, -0.2) is 14.4 Å². The van der Waals surface area contributed by atoms with Gasteiger partial charge in [0.05, 0.1) is 29.3 Å². The average Bonchev–Trinajstić information content (AvgIpc) is 3.57. The summed E-state index contributed by atoms with van der Waals surface area (Å²) in [6.45, 7) is 1.76. The summed E-state index contributed by atoms with van der Waals surface area (Å²) in [6, 6.07) is 19.1. The second-order valence-electron chi connectivity index (χ2n) is 10.9.